The molecular formula is C10H16F3NO4S. The maximum Gasteiger partial charge on any atom is 0.441 e. The quantitative estimate of drug-likeness (QED) is 0.816. The summed E-state index contributed by atoms with van der Waals surface area (Å²) >= 11 is -0.336. The van der Waals surface area contributed by atoms with Crippen LogP contribution in [0.1, 0.15) is 27.2 Å². The van der Waals surface area contributed by atoms with E-state index in [0.29, 0.717) is 0 Å². The number of carbonyl (C=O) groups is 2. The number of carboxylic acids is 1. The molecule has 2 N–H and O–H groups in total. The molecule has 0 aliphatic heterocycles. The topological polar surface area (TPSA) is 75.6 Å². The number of thioether (sulfide) groups is 1. The van der Waals surface area contributed by atoms with E-state index in [0.717, 1.165) is 0 Å². The molecule has 0 heterocycles. The fourth-order valence-corrected chi connectivity index (χ4v) is 1.58. The van der Waals surface area contributed by atoms with Gasteiger partial charge in [-0.2, -0.15) is 13.2 Å². The summed E-state index contributed by atoms with van der Waals surface area (Å²) in [5.41, 5.74) is -5.23. The second-order valence-corrected chi connectivity index (χ2v) is 5.78. The van der Waals surface area contributed by atoms with Gasteiger partial charge in [0.2, 0.25) is 0 Å². The highest BCUT2D eigenvalue weighted by molar-refractivity contribution is 8.00. The summed E-state index contributed by atoms with van der Waals surface area (Å²) in [6.45, 7) is 4.76. The maximum atomic E-state index is 11.9. The highest BCUT2D eigenvalue weighted by Crippen LogP contribution is 2.30. The zero-order valence-corrected chi connectivity index (χ0v) is 11.5. The number of nitrogens with one attached hydrogen (secondary N) is 1. The molecule has 0 bridgehead atoms. The third-order valence-electron chi connectivity index (χ3n) is 1.66. The van der Waals surface area contributed by atoms with Gasteiger partial charge >= 0.3 is 17.6 Å². The van der Waals surface area contributed by atoms with Crippen molar-refractivity contribution in [2.75, 3.05) is 5.75 Å². The standard InChI is InChI=1S/C10H16F3NO4S/c1-9(2,3)18-8(17)14-6(7(15)16)4-5-19-10(11,12)13/h6H,4-5H2,1-3H3,(H,14,17)(H,15,16)/t6-/m0/s1. The van der Waals surface area contributed by atoms with Crippen LogP contribution in [0, 0.1) is 0 Å². The molecule has 0 fully saturated rings. The molecule has 0 aromatic rings. The minimum Gasteiger partial charge on any atom is -0.480 e. The zero-order chi connectivity index (χ0) is 15.3. The average Bonchev–Trinajstić information content (AvgIpc) is 2.10. The van der Waals surface area contributed by atoms with Crippen LogP contribution in [0.5, 0.6) is 0 Å². The van der Waals surface area contributed by atoms with Crippen molar-refractivity contribution in [2.45, 2.75) is 44.3 Å². The van der Waals surface area contributed by atoms with E-state index in [9.17, 15) is 22.8 Å². The number of carbonyl (C=O) groups excluding carboxylic acids is 1. The first-order chi connectivity index (χ1) is 8.41. The van der Waals surface area contributed by atoms with Crippen molar-refractivity contribution < 1.29 is 32.6 Å². The van der Waals surface area contributed by atoms with Gasteiger partial charge in [0.1, 0.15) is 11.6 Å². The fraction of sp³-hybridized carbons (Fsp3) is 0.800. The number of alkyl carbamates (subject to hydrolysis) is 1. The summed E-state index contributed by atoms with van der Waals surface area (Å²) in [5.74, 6) is -1.87. The second-order valence-electron chi connectivity index (χ2n) is 4.62. The van der Waals surface area contributed by atoms with Gasteiger partial charge in [-0.1, -0.05) is 11.8 Å². The van der Waals surface area contributed by atoms with E-state index in [4.69, 9.17) is 9.84 Å². The molecule has 1 atom stereocenters. The largest absolute Gasteiger partial charge is 0.480 e. The number of aliphatic carboxylic acids is 1. The van der Waals surface area contributed by atoms with E-state index in [1.54, 1.807) is 20.8 Å². The lowest BCUT2D eigenvalue weighted by molar-refractivity contribution is -0.139. The molecule has 0 spiro atoms. The minimum absolute atomic E-state index is 0.336. The normalized spacial score (nSPS) is 13.8. The first-order valence-electron chi connectivity index (χ1n) is 5.34. The molecule has 19 heavy (non-hydrogen) atoms. The van der Waals surface area contributed by atoms with E-state index in [-0.39, 0.29) is 18.2 Å². The van der Waals surface area contributed by atoms with Crippen LogP contribution in [-0.4, -0.2) is 40.1 Å². The number of carboxylic acid groups (broad SMARTS) is 1. The van der Waals surface area contributed by atoms with Crippen molar-refractivity contribution in [3.8, 4) is 0 Å². The van der Waals surface area contributed by atoms with Crippen molar-refractivity contribution in [2.24, 2.45) is 0 Å². The van der Waals surface area contributed by atoms with Gasteiger partial charge in [-0.15, -0.1) is 0 Å². The predicted octanol–water partition coefficient (Wildman–Crippen LogP) is 2.61. The molecule has 0 radical (unpaired) electrons. The third kappa shape index (κ3) is 10.5. The van der Waals surface area contributed by atoms with Crippen molar-refractivity contribution in [3.05, 3.63) is 0 Å². The van der Waals surface area contributed by atoms with Gasteiger partial charge in [-0.05, 0) is 27.2 Å². The van der Waals surface area contributed by atoms with Crippen molar-refractivity contribution in [1.29, 1.82) is 0 Å². The van der Waals surface area contributed by atoms with Gasteiger partial charge < -0.3 is 15.2 Å². The first kappa shape index (κ1) is 17.9. The van der Waals surface area contributed by atoms with Crippen LogP contribution in [-0.2, 0) is 9.53 Å². The molecule has 0 saturated carbocycles. The van der Waals surface area contributed by atoms with Crippen LogP contribution >= 0.6 is 11.8 Å². The summed E-state index contributed by atoms with van der Waals surface area (Å²) < 4.78 is 40.5. The van der Waals surface area contributed by atoms with E-state index < -0.39 is 35.0 Å². The van der Waals surface area contributed by atoms with Gasteiger partial charge in [0.15, 0.2) is 0 Å². The number of halogens is 3. The molecule has 0 unspecified atom stereocenters. The Morgan fingerprint density at radius 1 is 1.32 bits per heavy atom. The molecule has 112 valence electrons. The Morgan fingerprint density at radius 2 is 1.84 bits per heavy atom. The van der Waals surface area contributed by atoms with Gasteiger partial charge in [-0.3, -0.25) is 0 Å². The van der Waals surface area contributed by atoms with Crippen LogP contribution < -0.4 is 5.32 Å². The van der Waals surface area contributed by atoms with Crippen molar-refractivity contribution in [3.63, 3.8) is 0 Å². The number of amides is 1. The molecule has 0 rings (SSSR count). The summed E-state index contributed by atoms with van der Waals surface area (Å²) in [5, 5.41) is 10.8. The number of alkyl halides is 3. The lowest BCUT2D eigenvalue weighted by Crippen LogP contribution is -2.43. The molecule has 0 aromatic heterocycles. The Bertz CT molecular complexity index is 328. The maximum absolute atomic E-state index is 11.9. The SMILES string of the molecule is CC(C)(C)OC(=O)N[C@@H](CCSC(F)(F)F)C(=O)O. The van der Waals surface area contributed by atoms with Gasteiger partial charge in [0.25, 0.3) is 0 Å². The Balaban J connectivity index is 4.28. The van der Waals surface area contributed by atoms with Crippen LogP contribution in [0.3, 0.4) is 0 Å². The van der Waals surface area contributed by atoms with Crippen LogP contribution in [0.2, 0.25) is 0 Å². The minimum atomic E-state index is -4.42. The van der Waals surface area contributed by atoms with Crippen molar-refractivity contribution in [1.82, 2.24) is 5.32 Å². The first-order valence-corrected chi connectivity index (χ1v) is 6.32. The van der Waals surface area contributed by atoms with Gasteiger partial charge in [0.05, 0.1) is 0 Å². The van der Waals surface area contributed by atoms with Crippen molar-refractivity contribution >= 4 is 23.8 Å². The molecule has 1 amide bonds. The highest BCUT2D eigenvalue weighted by Gasteiger charge is 2.30. The van der Waals surface area contributed by atoms with E-state index >= 15 is 0 Å². The molecule has 0 aliphatic carbocycles. The van der Waals surface area contributed by atoms with Crippen LogP contribution in [0.25, 0.3) is 0 Å². The number of ether oxygens (including phenoxy) is 1. The monoisotopic (exact) mass is 303 g/mol. The van der Waals surface area contributed by atoms with E-state index in [1.807, 2.05) is 5.32 Å². The summed E-state index contributed by atoms with van der Waals surface area (Å²) in [7, 11) is 0. The van der Waals surface area contributed by atoms with E-state index in [1.165, 1.54) is 0 Å². The van der Waals surface area contributed by atoms with Crippen LogP contribution in [0.15, 0.2) is 0 Å². The Hall–Kier alpha value is -1.12. The average molecular weight is 303 g/mol. The Kier molecular flexibility index (Phi) is 6.47. The number of hydrogen-bond acceptors (Lipinski definition) is 4. The zero-order valence-electron chi connectivity index (χ0n) is 10.7. The smallest absolute Gasteiger partial charge is 0.441 e. The molecule has 0 aliphatic rings. The third-order valence-corrected chi connectivity index (χ3v) is 2.43. The van der Waals surface area contributed by atoms with E-state index in [2.05, 4.69) is 0 Å². The summed E-state index contributed by atoms with van der Waals surface area (Å²) in [6, 6.07) is -1.41. The highest BCUT2D eigenvalue weighted by atomic mass is 32.2. The Labute approximate surface area is 112 Å². The van der Waals surface area contributed by atoms with Gasteiger partial charge in [0, 0.05) is 5.75 Å². The number of hydrogen-bond donors (Lipinski definition) is 2. The molecule has 9 heteroatoms. The van der Waals surface area contributed by atoms with Gasteiger partial charge in [-0.25, -0.2) is 9.59 Å². The van der Waals surface area contributed by atoms with Crippen LogP contribution in [0.4, 0.5) is 18.0 Å². The molecule has 0 saturated heterocycles. The number of rotatable bonds is 5. The summed E-state index contributed by atoms with van der Waals surface area (Å²) in [6.07, 6.45) is -1.32. The lowest BCUT2D eigenvalue weighted by Gasteiger charge is -2.22. The lowest BCUT2D eigenvalue weighted by atomic mass is 10.2. The fourth-order valence-electron chi connectivity index (χ4n) is 1.000. The second kappa shape index (κ2) is 6.88. The molecule has 0 aromatic carbocycles. The molecular weight excluding hydrogens is 287 g/mol. The Morgan fingerprint density at radius 3 is 2.21 bits per heavy atom. The predicted molar refractivity (Wildman–Crippen MR) is 63.9 cm³/mol. The molecule has 5 nitrogen and oxygen atoms in total. The summed E-state index contributed by atoms with van der Waals surface area (Å²) in [4.78, 5) is 22.1.